The van der Waals surface area contributed by atoms with Crippen LogP contribution in [-0.4, -0.2) is 34.8 Å². The lowest BCUT2D eigenvalue weighted by Gasteiger charge is -2.32. The van der Waals surface area contributed by atoms with E-state index < -0.39 is 0 Å². The summed E-state index contributed by atoms with van der Waals surface area (Å²) in [7, 11) is 1.75. The number of thiocarbonyl (C=S) groups is 1. The molecule has 0 saturated carbocycles. The van der Waals surface area contributed by atoms with Crippen molar-refractivity contribution < 1.29 is 9.22 Å². The summed E-state index contributed by atoms with van der Waals surface area (Å²) >= 11 is 13.1. The van der Waals surface area contributed by atoms with Crippen molar-refractivity contribution in [3.8, 4) is 0 Å². The molecule has 1 aliphatic heterocycles. The number of aliphatic imine (C=N–C) groups is 1. The molecule has 0 bridgehead atoms. The number of pyridine rings is 1. The number of rotatable bonds is 7. The minimum atomic E-state index is 0.265. The molecule has 0 amide bonds. The van der Waals surface area contributed by atoms with Crippen LogP contribution in [0.2, 0.25) is 5.02 Å². The number of aromatic nitrogens is 1. The summed E-state index contributed by atoms with van der Waals surface area (Å²) in [6.07, 6.45) is 5.56. The third kappa shape index (κ3) is 5.36. The van der Waals surface area contributed by atoms with Gasteiger partial charge in [-0.2, -0.15) is 0 Å². The smallest absolute Gasteiger partial charge is 0.260 e. The maximum atomic E-state index is 6.23. The van der Waals surface area contributed by atoms with Crippen molar-refractivity contribution in [2.75, 3.05) is 13.8 Å². The number of benzene rings is 1. The van der Waals surface area contributed by atoms with E-state index in [0.717, 1.165) is 21.2 Å². The number of hydrogen-bond acceptors (Lipinski definition) is 5. The lowest BCUT2D eigenvalue weighted by atomic mass is 10.1. The summed E-state index contributed by atoms with van der Waals surface area (Å²) in [4.78, 5) is 10.00. The normalized spacial score (nSPS) is 18.4. The van der Waals surface area contributed by atoms with Crippen LogP contribution in [0.5, 0.6) is 0 Å². The predicted molar refractivity (Wildman–Crippen MR) is 123 cm³/mol. The molecule has 5 nitrogen and oxygen atoms in total. The Kier molecular flexibility index (Phi) is 7.29. The number of hydrogen-bond donors (Lipinski definition) is 1. The van der Waals surface area contributed by atoms with Gasteiger partial charge < -0.3 is 10.1 Å². The van der Waals surface area contributed by atoms with Gasteiger partial charge in [-0.15, -0.1) is 0 Å². The van der Waals surface area contributed by atoms with Crippen LogP contribution >= 0.6 is 35.6 Å². The molecule has 0 saturated heterocycles. The van der Waals surface area contributed by atoms with E-state index in [1.807, 2.05) is 36.7 Å². The topological polar surface area (TPSA) is 46.5 Å². The zero-order valence-electron chi connectivity index (χ0n) is 16.6. The van der Waals surface area contributed by atoms with Gasteiger partial charge in [-0.05, 0) is 54.3 Å². The molecule has 1 aromatic heterocycles. The predicted octanol–water partition coefficient (Wildman–Crippen LogP) is 5.19. The maximum absolute atomic E-state index is 6.23. The number of nitrogens with one attached hydrogen (secondary N) is 1. The minimum absolute atomic E-state index is 0.265. The van der Waals surface area contributed by atoms with Crippen LogP contribution in [0.4, 0.5) is 0 Å². The molecule has 0 spiro atoms. The highest BCUT2D eigenvalue weighted by molar-refractivity contribution is 8.02. The molecule has 2 heterocycles. The summed E-state index contributed by atoms with van der Waals surface area (Å²) in [5.41, 5.74) is 2.18. The van der Waals surface area contributed by atoms with E-state index in [9.17, 15) is 0 Å². The van der Waals surface area contributed by atoms with Crippen molar-refractivity contribution in [2.45, 2.75) is 25.3 Å². The lowest BCUT2D eigenvalue weighted by molar-refractivity contribution is -0.819. The molecule has 1 N–H and O–H groups in total. The van der Waals surface area contributed by atoms with Crippen LogP contribution in [0.25, 0.3) is 0 Å². The average molecular weight is 448 g/mol. The standard InChI is InChI=1S/C21H23ClN4OS2/c1-15(2)19-20(29-18-6-4-5-17(22)11-18)26(13-25-19,14-27-21(28)23-3)12-16-7-9-24-10-8-16/h4-11,13,15H,12,14H2,1-3H3/p+1. The van der Waals surface area contributed by atoms with E-state index in [2.05, 4.69) is 30.2 Å². The van der Waals surface area contributed by atoms with Gasteiger partial charge in [0.05, 0.1) is 0 Å². The molecule has 0 fully saturated rings. The van der Waals surface area contributed by atoms with Crippen LogP contribution in [0, 0.1) is 5.92 Å². The molecule has 29 heavy (non-hydrogen) atoms. The summed E-state index contributed by atoms with van der Waals surface area (Å²) in [5.74, 6) is 0.265. The van der Waals surface area contributed by atoms with Crippen molar-refractivity contribution in [3.63, 3.8) is 0 Å². The Balaban J connectivity index is 2.02. The summed E-state index contributed by atoms with van der Waals surface area (Å²) in [6, 6.07) is 11.9. The summed E-state index contributed by atoms with van der Waals surface area (Å²) < 4.78 is 6.30. The number of allylic oxidation sites excluding steroid dienone is 1. The molecule has 1 atom stereocenters. The van der Waals surface area contributed by atoms with Gasteiger partial charge in [0.25, 0.3) is 5.17 Å². The first-order valence-corrected chi connectivity index (χ1v) is 10.9. The Hall–Kier alpha value is -1.93. The monoisotopic (exact) mass is 447 g/mol. The first-order valence-electron chi connectivity index (χ1n) is 9.27. The van der Waals surface area contributed by atoms with Crippen LogP contribution in [0.15, 0.2) is 69.4 Å². The first kappa shape index (κ1) is 21.8. The van der Waals surface area contributed by atoms with Gasteiger partial charge in [-0.3, -0.25) is 4.98 Å². The second-order valence-corrected chi connectivity index (χ2v) is 8.88. The van der Waals surface area contributed by atoms with Crippen LogP contribution in [0.1, 0.15) is 19.4 Å². The third-order valence-electron chi connectivity index (χ3n) is 4.44. The van der Waals surface area contributed by atoms with Crippen molar-refractivity contribution in [1.82, 2.24) is 10.3 Å². The Labute approximate surface area is 186 Å². The second kappa shape index (κ2) is 9.71. The first-order chi connectivity index (χ1) is 13.9. The quantitative estimate of drug-likeness (QED) is 0.467. The highest BCUT2D eigenvalue weighted by Gasteiger charge is 2.41. The van der Waals surface area contributed by atoms with E-state index >= 15 is 0 Å². The van der Waals surface area contributed by atoms with Crippen molar-refractivity contribution >= 4 is 47.1 Å². The fourth-order valence-corrected chi connectivity index (χ4v) is 4.60. The molecule has 1 unspecified atom stereocenters. The molecule has 0 radical (unpaired) electrons. The maximum Gasteiger partial charge on any atom is 0.260 e. The zero-order valence-corrected chi connectivity index (χ0v) is 19.0. The van der Waals surface area contributed by atoms with E-state index in [4.69, 9.17) is 33.5 Å². The summed E-state index contributed by atoms with van der Waals surface area (Å²) in [6.45, 7) is 5.32. The molecule has 3 rings (SSSR count). The van der Waals surface area contributed by atoms with Gasteiger partial charge in [-0.1, -0.05) is 31.5 Å². The van der Waals surface area contributed by atoms with Gasteiger partial charge in [0.15, 0.2) is 6.34 Å². The van der Waals surface area contributed by atoms with Gasteiger partial charge >= 0.3 is 0 Å². The largest absolute Gasteiger partial charge is 0.419 e. The molecule has 1 aromatic carbocycles. The van der Waals surface area contributed by atoms with E-state index in [-0.39, 0.29) is 5.92 Å². The number of quaternary nitrogens is 1. The Morgan fingerprint density at radius 3 is 2.69 bits per heavy atom. The Morgan fingerprint density at radius 2 is 2.03 bits per heavy atom. The van der Waals surface area contributed by atoms with Crippen LogP contribution in [0.3, 0.4) is 0 Å². The Bertz CT molecular complexity index is 933. The van der Waals surface area contributed by atoms with Crippen molar-refractivity contribution in [3.05, 3.63) is 70.1 Å². The van der Waals surface area contributed by atoms with Gasteiger partial charge in [0.2, 0.25) is 11.8 Å². The molecular weight excluding hydrogens is 424 g/mol. The number of ether oxygens (including phenoxy) is 1. The second-order valence-electron chi connectivity index (χ2n) is 7.01. The fraction of sp³-hybridized carbons (Fsp3) is 0.286. The molecule has 0 aliphatic carbocycles. The number of nitrogens with zero attached hydrogens (tertiary/aromatic N) is 3. The minimum Gasteiger partial charge on any atom is -0.419 e. The number of halogens is 1. The third-order valence-corrected chi connectivity index (χ3v) is 6.26. The SMILES string of the molecule is CNC(=S)OC[N+]1(Cc2ccncc2)C=NC(C(C)C)=C1Sc1cccc(Cl)c1. The van der Waals surface area contributed by atoms with Crippen LogP contribution in [-0.2, 0) is 11.3 Å². The van der Waals surface area contributed by atoms with Gasteiger partial charge in [-0.25, -0.2) is 9.48 Å². The molecule has 8 heteroatoms. The van der Waals surface area contributed by atoms with Crippen LogP contribution < -0.4 is 5.32 Å². The molecular formula is C21H24ClN4OS2+. The lowest BCUT2D eigenvalue weighted by Crippen LogP contribution is -2.45. The van der Waals surface area contributed by atoms with Crippen molar-refractivity contribution in [1.29, 1.82) is 0 Å². The molecule has 2 aromatic rings. The van der Waals surface area contributed by atoms with E-state index in [1.165, 1.54) is 0 Å². The van der Waals surface area contributed by atoms with Gasteiger partial charge in [0.1, 0.15) is 12.2 Å². The summed E-state index contributed by atoms with van der Waals surface area (Å²) in [5, 5.41) is 5.06. The van der Waals surface area contributed by atoms with E-state index in [1.54, 1.807) is 31.2 Å². The molecule has 1 aliphatic rings. The van der Waals surface area contributed by atoms with Gasteiger partial charge in [0, 0.05) is 40.8 Å². The zero-order chi connectivity index (χ0) is 20.9. The highest BCUT2D eigenvalue weighted by Crippen LogP contribution is 2.43. The average Bonchev–Trinajstić information content (AvgIpc) is 3.05. The Morgan fingerprint density at radius 1 is 1.28 bits per heavy atom. The van der Waals surface area contributed by atoms with E-state index in [0.29, 0.717) is 28.0 Å². The van der Waals surface area contributed by atoms with Crippen molar-refractivity contribution in [2.24, 2.45) is 10.9 Å². The molecule has 152 valence electrons. The highest BCUT2D eigenvalue weighted by atomic mass is 35.5. The fourth-order valence-electron chi connectivity index (χ4n) is 3.00. The number of thioether (sulfide) groups is 1.